The quantitative estimate of drug-likeness (QED) is 0.664. The highest BCUT2D eigenvalue weighted by molar-refractivity contribution is 6.60. The Morgan fingerprint density at radius 2 is 1.73 bits per heavy atom. The van der Waals surface area contributed by atoms with E-state index in [0.717, 1.165) is 6.04 Å². The Hall–Kier alpha value is -0.623. The molecule has 0 bridgehead atoms. The molecule has 5 heteroatoms. The van der Waals surface area contributed by atoms with E-state index in [4.69, 9.17) is 13.3 Å². The molecule has 0 fully saturated rings. The third-order valence-electron chi connectivity index (χ3n) is 2.68. The zero-order valence-electron chi connectivity index (χ0n) is 9.77. The molecule has 0 aromatic carbocycles. The maximum Gasteiger partial charge on any atom is 0.502 e. The van der Waals surface area contributed by atoms with Crippen LogP contribution in [0.1, 0.15) is 0 Å². The number of allylic oxidation sites excluding steroid dienone is 2. The largest absolute Gasteiger partial charge is 0.502 e. The molecular weight excluding hydrogens is 210 g/mol. The van der Waals surface area contributed by atoms with Crippen LogP contribution in [0.5, 0.6) is 0 Å². The molecule has 0 aliphatic carbocycles. The number of hydrogen-bond donors (Lipinski definition) is 0. The van der Waals surface area contributed by atoms with Gasteiger partial charge in [-0.1, -0.05) is 12.2 Å². The SMILES string of the molecule is CO[Si](CC1C=CC=CN1C)(OC)OC. The van der Waals surface area contributed by atoms with Crippen LogP contribution in [0.3, 0.4) is 0 Å². The van der Waals surface area contributed by atoms with Gasteiger partial charge in [-0.25, -0.2) is 0 Å². The van der Waals surface area contributed by atoms with Crippen molar-refractivity contribution in [2.75, 3.05) is 28.4 Å². The number of likely N-dealkylation sites (N-methyl/N-ethyl adjacent to an activating group) is 1. The topological polar surface area (TPSA) is 30.9 Å². The van der Waals surface area contributed by atoms with E-state index in [2.05, 4.69) is 11.0 Å². The van der Waals surface area contributed by atoms with Crippen LogP contribution in [0, 0.1) is 0 Å². The monoisotopic (exact) mass is 229 g/mol. The Balaban J connectivity index is 2.66. The van der Waals surface area contributed by atoms with Gasteiger partial charge < -0.3 is 18.2 Å². The summed E-state index contributed by atoms with van der Waals surface area (Å²) in [7, 11) is 4.48. The van der Waals surface area contributed by atoms with Crippen molar-refractivity contribution in [1.29, 1.82) is 0 Å². The van der Waals surface area contributed by atoms with Crippen molar-refractivity contribution in [2.45, 2.75) is 12.1 Å². The Kier molecular flexibility index (Phi) is 4.53. The molecule has 1 heterocycles. The molecule has 0 radical (unpaired) electrons. The van der Waals surface area contributed by atoms with Crippen molar-refractivity contribution in [2.24, 2.45) is 0 Å². The molecule has 1 rings (SSSR count). The van der Waals surface area contributed by atoms with E-state index < -0.39 is 8.80 Å². The van der Waals surface area contributed by atoms with E-state index in [9.17, 15) is 0 Å². The second-order valence-electron chi connectivity index (χ2n) is 3.46. The van der Waals surface area contributed by atoms with E-state index in [1.54, 1.807) is 21.3 Å². The smallest absolute Gasteiger partial charge is 0.377 e. The van der Waals surface area contributed by atoms with Gasteiger partial charge in [-0.2, -0.15) is 0 Å². The lowest BCUT2D eigenvalue weighted by Crippen LogP contribution is -2.47. The van der Waals surface area contributed by atoms with Crippen LogP contribution in [0.4, 0.5) is 0 Å². The first kappa shape index (κ1) is 12.4. The first-order valence-corrected chi connectivity index (χ1v) is 6.83. The van der Waals surface area contributed by atoms with Gasteiger partial charge in [0.15, 0.2) is 0 Å². The highest BCUT2D eigenvalue weighted by atomic mass is 28.4. The summed E-state index contributed by atoms with van der Waals surface area (Å²) in [6.07, 6.45) is 8.20. The second-order valence-corrected chi connectivity index (χ2v) is 6.46. The van der Waals surface area contributed by atoms with E-state index in [1.165, 1.54) is 0 Å². The van der Waals surface area contributed by atoms with Gasteiger partial charge in [-0.05, 0) is 12.3 Å². The van der Waals surface area contributed by atoms with Crippen LogP contribution in [0.2, 0.25) is 6.04 Å². The number of rotatable bonds is 5. The predicted molar refractivity (Wildman–Crippen MR) is 61.4 cm³/mol. The van der Waals surface area contributed by atoms with Gasteiger partial charge in [0.1, 0.15) is 0 Å². The summed E-state index contributed by atoms with van der Waals surface area (Å²) in [5.74, 6) is 0. The maximum absolute atomic E-state index is 5.40. The molecule has 0 aromatic rings. The molecule has 0 saturated carbocycles. The molecule has 0 N–H and O–H groups in total. The van der Waals surface area contributed by atoms with Crippen molar-refractivity contribution in [3.05, 3.63) is 24.4 Å². The van der Waals surface area contributed by atoms with Crippen molar-refractivity contribution < 1.29 is 13.3 Å². The van der Waals surface area contributed by atoms with Gasteiger partial charge in [0.2, 0.25) is 0 Å². The van der Waals surface area contributed by atoms with Crippen LogP contribution in [-0.2, 0) is 13.3 Å². The van der Waals surface area contributed by atoms with Crippen molar-refractivity contribution in [3.8, 4) is 0 Å². The highest BCUT2D eigenvalue weighted by Gasteiger charge is 2.40. The minimum absolute atomic E-state index is 0.279. The molecule has 0 spiro atoms. The molecular formula is C10H19NO3Si. The average molecular weight is 229 g/mol. The fraction of sp³-hybridized carbons (Fsp3) is 0.600. The van der Waals surface area contributed by atoms with Crippen molar-refractivity contribution in [3.63, 3.8) is 0 Å². The summed E-state index contributed by atoms with van der Waals surface area (Å²) in [5, 5.41) is 0. The summed E-state index contributed by atoms with van der Waals surface area (Å²) in [6.45, 7) is 0. The van der Waals surface area contributed by atoms with Crippen molar-refractivity contribution in [1.82, 2.24) is 4.90 Å². The summed E-state index contributed by atoms with van der Waals surface area (Å²) >= 11 is 0. The van der Waals surface area contributed by atoms with Crippen LogP contribution < -0.4 is 0 Å². The first-order chi connectivity index (χ1) is 7.17. The number of nitrogens with zero attached hydrogens (tertiary/aromatic N) is 1. The molecule has 0 amide bonds. The summed E-state index contributed by atoms with van der Waals surface area (Å²) in [5.41, 5.74) is 0. The third-order valence-corrected chi connectivity index (χ3v) is 5.47. The van der Waals surface area contributed by atoms with E-state index in [1.807, 2.05) is 25.4 Å². The summed E-state index contributed by atoms with van der Waals surface area (Å²) < 4.78 is 16.2. The Morgan fingerprint density at radius 1 is 1.13 bits per heavy atom. The Labute approximate surface area is 92.5 Å². The summed E-state index contributed by atoms with van der Waals surface area (Å²) in [6, 6.07) is 1.04. The predicted octanol–water partition coefficient (Wildman–Crippen LogP) is 1.25. The first-order valence-electron chi connectivity index (χ1n) is 4.90. The van der Waals surface area contributed by atoms with Gasteiger partial charge in [0.05, 0.1) is 6.04 Å². The summed E-state index contributed by atoms with van der Waals surface area (Å²) in [4.78, 5) is 2.12. The van der Waals surface area contributed by atoms with E-state index >= 15 is 0 Å². The van der Waals surface area contributed by atoms with Gasteiger partial charge in [0.25, 0.3) is 0 Å². The lowest BCUT2D eigenvalue weighted by molar-refractivity contribution is 0.118. The molecule has 1 aliphatic rings. The lowest BCUT2D eigenvalue weighted by Gasteiger charge is -2.32. The molecule has 4 nitrogen and oxygen atoms in total. The van der Waals surface area contributed by atoms with Gasteiger partial charge in [-0.15, -0.1) is 0 Å². The second kappa shape index (κ2) is 5.46. The minimum atomic E-state index is -2.47. The van der Waals surface area contributed by atoms with E-state index in [0.29, 0.717) is 0 Å². The zero-order chi connectivity index (χ0) is 11.3. The molecule has 0 saturated heterocycles. The van der Waals surface area contributed by atoms with Gasteiger partial charge in [-0.3, -0.25) is 0 Å². The molecule has 86 valence electrons. The van der Waals surface area contributed by atoms with Crippen LogP contribution in [-0.4, -0.2) is 48.1 Å². The van der Waals surface area contributed by atoms with Crippen LogP contribution >= 0.6 is 0 Å². The fourth-order valence-electron chi connectivity index (χ4n) is 1.59. The highest BCUT2D eigenvalue weighted by Crippen LogP contribution is 2.20. The molecule has 0 aromatic heterocycles. The third kappa shape index (κ3) is 2.91. The van der Waals surface area contributed by atoms with Gasteiger partial charge in [0, 0.05) is 34.4 Å². The fourth-order valence-corrected chi connectivity index (χ4v) is 3.53. The standard InChI is InChI=1S/C10H19NO3Si/c1-11-8-6-5-7-10(11)9-15(12-2,13-3)14-4/h5-8,10H,9H2,1-4H3. The maximum atomic E-state index is 5.40. The molecule has 1 unspecified atom stereocenters. The molecule has 1 aliphatic heterocycles. The average Bonchev–Trinajstić information content (AvgIpc) is 2.29. The minimum Gasteiger partial charge on any atom is -0.377 e. The zero-order valence-corrected chi connectivity index (χ0v) is 10.8. The Bertz CT molecular complexity index is 243. The van der Waals surface area contributed by atoms with Crippen LogP contribution in [0.15, 0.2) is 24.4 Å². The normalized spacial score (nSPS) is 21.1. The van der Waals surface area contributed by atoms with E-state index in [-0.39, 0.29) is 6.04 Å². The van der Waals surface area contributed by atoms with Gasteiger partial charge >= 0.3 is 8.80 Å². The Morgan fingerprint density at radius 3 is 2.20 bits per heavy atom. The van der Waals surface area contributed by atoms with Crippen molar-refractivity contribution >= 4 is 8.80 Å². The number of hydrogen-bond acceptors (Lipinski definition) is 4. The molecule has 1 atom stereocenters. The lowest BCUT2D eigenvalue weighted by atomic mass is 10.2. The van der Waals surface area contributed by atoms with Crippen LogP contribution in [0.25, 0.3) is 0 Å². The molecule has 15 heavy (non-hydrogen) atoms.